The molecule has 2 amide bonds. The third-order valence-electron chi connectivity index (χ3n) is 12.0. The van der Waals surface area contributed by atoms with Crippen LogP contribution in [0.5, 0.6) is 0 Å². The number of amides is 2. The molecule has 73 heavy (non-hydrogen) atoms. The van der Waals surface area contributed by atoms with Gasteiger partial charge >= 0.3 is 19.5 Å². The predicted octanol–water partition coefficient (Wildman–Crippen LogP) is -7.93. The smallest absolute Gasteiger partial charge is 0.465 e. The molecule has 1 aromatic rings. The molecular formula is C39H64N5O26PS2. The van der Waals surface area contributed by atoms with E-state index in [2.05, 4.69) is 15.6 Å². The van der Waals surface area contributed by atoms with Crippen LogP contribution in [-0.4, -0.2) is 261 Å². The summed E-state index contributed by atoms with van der Waals surface area (Å²) in [5.41, 5.74) is 4.53. The molecule has 5 heterocycles. The highest BCUT2D eigenvalue weighted by atomic mass is 32.2. The number of esters is 1. The number of rotatable bonds is 23. The van der Waals surface area contributed by atoms with Crippen molar-refractivity contribution in [2.75, 3.05) is 57.0 Å². The van der Waals surface area contributed by atoms with Gasteiger partial charge in [-0.25, -0.2) is 18.7 Å². The topological polar surface area (TPSA) is 479 Å². The number of carbonyl (C=O) groups is 3. The van der Waals surface area contributed by atoms with Crippen molar-refractivity contribution in [2.45, 2.75) is 148 Å². The van der Waals surface area contributed by atoms with Crippen LogP contribution < -0.4 is 22.1 Å². The molecular weight excluding hydrogens is 1050 g/mol. The maximum Gasteiger partial charge on any atom is 0.475 e. The van der Waals surface area contributed by atoms with Gasteiger partial charge in [0.2, 0.25) is 11.8 Å². The van der Waals surface area contributed by atoms with Crippen LogP contribution in [0.2, 0.25) is 0 Å². The van der Waals surface area contributed by atoms with Crippen LogP contribution >= 0.6 is 31.3 Å². The van der Waals surface area contributed by atoms with Crippen molar-refractivity contribution in [3.63, 3.8) is 0 Å². The lowest BCUT2D eigenvalue weighted by Gasteiger charge is -2.50. The number of aliphatic hydroxyl groups excluding tert-OH is 11. The van der Waals surface area contributed by atoms with E-state index in [1.54, 1.807) is 0 Å². The van der Waals surface area contributed by atoms with E-state index in [1.165, 1.54) is 20.1 Å². The predicted molar refractivity (Wildman–Crippen MR) is 244 cm³/mol. The molecule has 22 atom stereocenters. The summed E-state index contributed by atoms with van der Waals surface area (Å²) >= 11 is 1.77. The van der Waals surface area contributed by atoms with Gasteiger partial charge in [-0.1, -0.05) is 0 Å². The Hall–Kier alpha value is -2.78. The molecule has 5 rings (SSSR count). The first-order valence-corrected chi connectivity index (χ1v) is 26.1. The van der Waals surface area contributed by atoms with E-state index in [4.69, 9.17) is 47.9 Å². The van der Waals surface area contributed by atoms with Crippen molar-refractivity contribution in [1.82, 2.24) is 20.2 Å². The Morgan fingerprint density at radius 3 is 2.12 bits per heavy atom. The van der Waals surface area contributed by atoms with Gasteiger partial charge in [0.15, 0.2) is 18.8 Å². The first-order chi connectivity index (χ1) is 34.4. The molecule has 1 unspecified atom stereocenters. The van der Waals surface area contributed by atoms with Crippen LogP contribution in [0.4, 0.5) is 5.82 Å². The number of methoxy groups -OCH3 is 2. The third-order valence-corrected chi connectivity index (χ3v) is 15.6. The van der Waals surface area contributed by atoms with Gasteiger partial charge in [-0.3, -0.25) is 18.7 Å². The number of nitrogens with zero attached hydrogens (tertiary/aromatic N) is 2. The maximum absolute atomic E-state index is 13.9. The summed E-state index contributed by atoms with van der Waals surface area (Å²) in [5, 5.41) is 121. The van der Waals surface area contributed by atoms with Gasteiger partial charge in [-0.2, -0.15) is 16.7 Å². The number of nitrogen functional groups attached to an aromatic ring is 1. The minimum atomic E-state index is -5.77. The molecule has 4 saturated heterocycles. The number of hydrogen-bond donors (Lipinski definition) is 15. The Bertz CT molecular complexity index is 2110. The number of aliphatic hydroxyl groups is 11. The molecule has 418 valence electrons. The molecule has 0 saturated carbocycles. The molecule has 0 aromatic carbocycles. The number of ether oxygens (including phenoxy) is 7. The number of phosphoric ester groups is 1. The Morgan fingerprint density at radius 1 is 0.877 bits per heavy atom. The fourth-order valence-electron chi connectivity index (χ4n) is 8.39. The second kappa shape index (κ2) is 26.5. The number of aromatic nitrogens is 2. The van der Waals surface area contributed by atoms with E-state index >= 15 is 0 Å². The summed E-state index contributed by atoms with van der Waals surface area (Å²) < 4.78 is 64.0. The molecule has 0 spiro atoms. The van der Waals surface area contributed by atoms with Crippen LogP contribution in [0.15, 0.2) is 17.1 Å². The van der Waals surface area contributed by atoms with Gasteiger partial charge in [-0.05, 0) is 24.0 Å². The summed E-state index contributed by atoms with van der Waals surface area (Å²) in [5.74, 6) is -6.52. The zero-order valence-corrected chi connectivity index (χ0v) is 42.0. The van der Waals surface area contributed by atoms with Crippen LogP contribution in [0.3, 0.4) is 0 Å². The third kappa shape index (κ3) is 14.2. The first-order valence-electron chi connectivity index (χ1n) is 22.4. The van der Waals surface area contributed by atoms with Crippen LogP contribution in [0, 0.1) is 0 Å². The fourth-order valence-corrected chi connectivity index (χ4v) is 12.0. The molecule has 0 radical (unpaired) electrons. The number of nitrogens with two attached hydrogens (primary N) is 1. The highest BCUT2D eigenvalue weighted by Crippen LogP contribution is 2.54. The summed E-state index contributed by atoms with van der Waals surface area (Å²) in [4.78, 5) is 65.3. The van der Waals surface area contributed by atoms with Gasteiger partial charge in [0.1, 0.15) is 85.1 Å². The second-order valence-electron chi connectivity index (χ2n) is 17.2. The Balaban J connectivity index is 1.31. The van der Waals surface area contributed by atoms with Crippen LogP contribution in [-0.2, 0) is 61.2 Å². The number of nitrogens with one attached hydrogen (secondary N) is 2. The van der Waals surface area contributed by atoms with Crippen LogP contribution in [0.25, 0.3) is 0 Å². The minimum absolute atomic E-state index is 0.0968. The molecule has 4 aliphatic heterocycles. The summed E-state index contributed by atoms with van der Waals surface area (Å²) in [6.07, 6.45) is -28.3. The molecule has 4 fully saturated rings. The summed E-state index contributed by atoms with van der Waals surface area (Å²) in [6.45, 7) is -0.763. The maximum atomic E-state index is 13.9. The van der Waals surface area contributed by atoms with Gasteiger partial charge in [-0.15, -0.1) is 11.8 Å². The monoisotopic (exact) mass is 1110 g/mol. The van der Waals surface area contributed by atoms with Gasteiger partial charge in [0, 0.05) is 32.9 Å². The van der Waals surface area contributed by atoms with Crippen molar-refractivity contribution in [2.24, 2.45) is 0 Å². The van der Waals surface area contributed by atoms with E-state index in [1.807, 2.05) is 0 Å². The average molecular weight is 1110 g/mol. The van der Waals surface area contributed by atoms with E-state index in [0.29, 0.717) is 11.8 Å². The minimum Gasteiger partial charge on any atom is -0.465 e. The van der Waals surface area contributed by atoms with E-state index in [0.717, 1.165) is 36.6 Å². The van der Waals surface area contributed by atoms with Crippen molar-refractivity contribution < 1.29 is 122 Å². The van der Waals surface area contributed by atoms with Gasteiger partial charge in [0.25, 0.3) is 5.79 Å². The quantitative estimate of drug-likeness (QED) is 0.0275. The number of hydrogen-bond acceptors (Lipinski definition) is 29. The molecule has 16 N–H and O–H groups in total. The number of carbonyl (C=O) groups excluding carboxylic acids is 3. The highest BCUT2D eigenvalue weighted by Gasteiger charge is 2.65. The lowest BCUT2D eigenvalue weighted by atomic mass is 9.88. The Kier molecular flexibility index (Phi) is 22.2. The van der Waals surface area contributed by atoms with E-state index in [-0.39, 0.29) is 29.5 Å². The molecule has 31 nitrogen and oxygen atoms in total. The zero-order valence-electron chi connectivity index (χ0n) is 39.5. The van der Waals surface area contributed by atoms with E-state index in [9.17, 15) is 84.8 Å². The lowest BCUT2D eigenvalue weighted by molar-refractivity contribution is -0.342. The molecule has 4 aliphatic rings. The Labute approximate surface area is 423 Å². The summed E-state index contributed by atoms with van der Waals surface area (Å²) in [7, 11) is -3.74. The van der Waals surface area contributed by atoms with Crippen molar-refractivity contribution in [3.8, 4) is 0 Å². The van der Waals surface area contributed by atoms with Gasteiger partial charge < -0.3 is 111 Å². The lowest BCUT2D eigenvalue weighted by Crippen LogP contribution is -2.73. The Morgan fingerprint density at radius 2 is 1.52 bits per heavy atom. The average Bonchev–Trinajstić information content (AvgIpc) is 3.62. The van der Waals surface area contributed by atoms with E-state index < -0.39 is 179 Å². The zero-order chi connectivity index (χ0) is 54.3. The SMILES string of the molecule is COC(=O)[C@@]1(OP(=O)(O)OC[C@H]2O[C@@H](n3ccc(N)nc3=O)[C@H](O)[C@@H]2O)O[C@@H]([C@H](O)[C@H](O)CO)[C@H](NC(C)=O)[C@@H](O)[C@H]1SCCCSC[C@H]1O[C@@H](O[C@@H]2[C@H](O)[C@@H](NC(C)=O)[C@H](OC)O[C@@H]2CO)[C@H](O)[C@@H](O)[C@H]1O. The highest BCUT2D eigenvalue weighted by molar-refractivity contribution is 8.00. The van der Waals surface area contributed by atoms with Crippen LogP contribution in [0.1, 0.15) is 26.5 Å². The van der Waals surface area contributed by atoms with Crippen molar-refractivity contribution in [1.29, 1.82) is 0 Å². The van der Waals surface area contributed by atoms with Crippen molar-refractivity contribution >= 4 is 54.9 Å². The summed E-state index contributed by atoms with van der Waals surface area (Å²) in [6, 6.07) is -1.76. The first kappa shape index (κ1) is 61.1. The molecule has 0 aliphatic carbocycles. The molecule has 34 heteroatoms. The van der Waals surface area contributed by atoms with Gasteiger partial charge in [0.05, 0.1) is 50.4 Å². The number of thioether (sulfide) groups is 2. The normalized spacial score (nSPS) is 38.5. The standard InChI is InChI=1S/C39H64N5O26PS2/c1-14(47)41-21-27(54)33(73-9-5-8-72-13-19-25(52)28(55)30(57)36(67-19)68-31-17(11-46)66-35(62-3)22(26(31)53)42-15(2)48)39(37(58)63-4,69-32(21)23(50)16(49)10-45)70-71(60,61)64-12-18-24(51)29(56)34(65-18)44-7-6-20(40)43-38(44)59/h6-7,16-19,21-36,45-46,49-57H,5,8-13H2,1-4H3,(H,41,47)(H,42,48)(H,60,61)(H2,40,43,59)/t16-,17-,18-,19-,21-,22-,23-,24-,25+,26-,27-,28+,29-,30-,31+,32-,33-,34-,35-,36+,39-/m1/s1. The number of anilines is 1. The second-order valence-corrected chi connectivity index (χ2v) is 20.9. The number of phosphoric acid groups is 1. The largest absolute Gasteiger partial charge is 0.475 e. The van der Waals surface area contributed by atoms with Crippen molar-refractivity contribution in [3.05, 3.63) is 22.7 Å². The fraction of sp³-hybridized carbons (Fsp3) is 0.821. The molecule has 1 aromatic heterocycles. The molecule has 0 bridgehead atoms.